The fourth-order valence-electron chi connectivity index (χ4n) is 1.76. The van der Waals surface area contributed by atoms with Crippen molar-refractivity contribution in [1.29, 1.82) is 5.26 Å². The van der Waals surface area contributed by atoms with Crippen LogP contribution in [0.15, 0.2) is 48.2 Å². The summed E-state index contributed by atoms with van der Waals surface area (Å²) in [6.07, 6.45) is 4.21. The van der Waals surface area contributed by atoms with E-state index in [-0.39, 0.29) is 5.57 Å². The van der Waals surface area contributed by atoms with E-state index in [9.17, 15) is 4.79 Å². The summed E-state index contributed by atoms with van der Waals surface area (Å²) < 4.78 is 0. The Morgan fingerprint density at radius 1 is 1.35 bits per heavy atom. The van der Waals surface area contributed by atoms with Crippen LogP contribution in [0.25, 0.3) is 6.08 Å². The minimum atomic E-state index is -0.411. The van der Waals surface area contributed by atoms with E-state index < -0.39 is 5.91 Å². The molecule has 0 bridgehead atoms. The summed E-state index contributed by atoms with van der Waals surface area (Å²) in [5, 5.41) is 11.8. The molecule has 0 atom stereocenters. The zero-order valence-corrected chi connectivity index (χ0v) is 11.2. The van der Waals surface area contributed by atoms with E-state index >= 15 is 0 Å². The molecule has 4 heteroatoms. The van der Waals surface area contributed by atoms with Gasteiger partial charge in [-0.3, -0.25) is 4.79 Å². The second kappa shape index (κ2) is 6.39. The molecule has 1 heterocycles. The first-order valence-corrected chi connectivity index (χ1v) is 6.38. The molecule has 1 aromatic carbocycles. The number of rotatable bonds is 4. The highest BCUT2D eigenvalue weighted by Gasteiger charge is 2.09. The average molecular weight is 265 g/mol. The summed E-state index contributed by atoms with van der Waals surface area (Å²) >= 11 is 0. The van der Waals surface area contributed by atoms with Crippen LogP contribution in [-0.2, 0) is 11.2 Å². The molecule has 0 saturated carbocycles. The van der Waals surface area contributed by atoms with Crippen molar-refractivity contribution in [3.05, 3.63) is 59.4 Å². The molecular weight excluding hydrogens is 250 g/mol. The van der Waals surface area contributed by atoms with Crippen LogP contribution in [0.1, 0.15) is 18.2 Å². The highest BCUT2D eigenvalue weighted by molar-refractivity contribution is 6.09. The number of benzene rings is 1. The van der Waals surface area contributed by atoms with Gasteiger partial charge in [0.25, 0.3) is 5.91 Å². The third-order valence-corrected chi connectivity index (χ3v) is 2.91. The van der Waals surface area contributed by atoms with Crippen molar-refractivity contribution in [2.75, 3.05) is 5.32 Å². The lowest BCUT2D eigenvalue weighted by Gasteiger charge is -2.05. The zero-order valence-electron chi connectivity index (χ0n) is 11.2. The zero-order chi connectivity index (χ0) is 14.4. The number of nitriles is 1. The number of aromatic amines is 1. The number of amides is 1. The van der Waals surface area contributed by atoms with Crippen molar-refractivity contribution in [3.63, 3.8) is 0 Å². The van der Waals surface area contributed by atoms with Gasteiger partial charge in [0.05, 0.1) is 0 Å². The molecule has 0 aliphatic carbocycles. The number of carbonyl (C=O) groups is 1. The number of carbonyl (C=O) groups excluding carboxylic acids is 1. The van der Waals surface area contributed by atoms with Crippen LogP contribution in [0.2, 0.25) is 0 Å². The summed E-state index contributed by atoms with van der Waals surface area (Å²) in [5.41, 5.74) is 2.66. The van der Waals surface area contributed by atoms with Gasteiger partial charge in [-0.2, -0.15) is 5.26 Å². The summed E-state index contributed by atoms with van der Waals surface area (Å²) in [6.45, 7) is 2.07. The first kappa shape index (κ1) is 13.6. The van der Waals surface area contributed by atoms with E-state index in [1.165, 1.54) is 11.6 Å². The number of aromatic nitrogens is 1. The molecule has 100 valence electrons. The van der Waals surface area contributed by atoms with Gasteiger partial charge in [-0.15, -0.1) is 0 Å². The van der Waals surface area contributed by atoms with Crippen molar-refractivity contribution >= 4 is 17.7 Å². The maximum atomic E-state index is 12.0. The molecule has 1 amide bonds. The molecule has 0 aliphatic rings. The topological polar surface area (TPSA) is 68.7 Å². The highest BCUT2D eigenvalue weighted by Crippen LogP contribution is 2.12. The number of aryl methyl sites for hydroxylation is 1. The SMILES string of the molecule is CCc1ccc(NC(=O)C(C#N)=Cc2ccc[nH]2)cc1. The molecule has 0 spiro atoms. The quantitative estimate of drug-likeness (QED) is 0.658. The normalized spacial score (nSPS) is 10.9. The maximum absolute atomic E-state index is 12.0. The summed E-state index contributed by atoms with van der Waals surface area (Å²) in [4.78, 5) is 14.9. The molecule has 0 aliphatic heterocycles. The summed E-state index contributed by atoms with van der Waals surface area (Å²) in [5.74, 6) is -0.411. The minimum Gasteiger partial charge on any atom is -0.362 e. The minimum absolute atomic E-state index is 0.0621. The number of anilines is 1. The third-order valence-electron chi connectivity index (χ3n) is 2.91. The Kier molecular flexibility index (Phi) is 4.35. The van der Waals surface area contributed by atoms with E-state index in [1.807, 2.05) is 36.4 Å². The Morgan fingerprint density at radius 3 is 2.65 bits per heavy atom. The molecule has 1 aromatic heterocycles. The molecule has 0 saturated heterocycles. The smallest absolute Gasteiger partial charge is 0.266 e. The lowest BCUT2D eigenvalue weighted by atomic mass is 10.1. The van der Waals surface area contributed by atoms with Crippen LogP contribution in [0, 0.1) is 11.3 Å². The van der Waals surface area contributed by atoms with Gasteiger partial charge in [-0.1, -0.05) is 19.1 Å². The molecule has 20 heavy (non-hydrogen) atoms. The van der Waals surface area contributed by atoms with Crippen molar-refractivity contribution in [2.45, 2.75) is 13.3 Å². The first-order valence-electron chi connectivity index (χ1n) is 6.38. The summed E-state index contributed by atoms with van der Waals surface area (Å²) in [7, 11) is 0. The lowest BCUT2D eigenvalue weighted by Crippen LogP contribution is -2.13. The molecule has 2 N–H and O–H groups in total. The van der Waals surface area contributed by atoms with Crippen molar-refractivity contribution in [2.24, 2.45) is 0 Å². The number of nitrogens with zero attached hydrogens (tertiary/aromatic N) is 1. The van der Waals surface area contributed by atoms with Gasteiger partial charge in [0.1, 0.15) is 11.6 Å². The Morgan fingerprint density at radius 2 is 2.10 bits per heavy atom. The molecule has 2 rings (SSSR count). The fraction of sp³-hybridized carbons (Fsp3) is 0.125. The van der Waals surface area contributed by atoms with Gasteiger partial charge in [0.2, 0.25) is 0 Å². The van der Waals surface area contributed by atoms with Crippen LogP contribution in [0.3, 0.4) is 0 Å². The van der Waals surface area contributed by atoms with Gasteiger partial charge in [0.15, 0.2) is 0 Å². The molecular formula is C16H15N3O. The Hall–Kier alpha value is -2.80. The number of hydrogen-bond acceptors (Lipinski definition) is 2. The average Bonchev–Trinajstić information content (AvgIpc) is 2.98. The van der Waals surface area contributed by atoms with E-state index in [0.29, 0.717) is 5.69 Å². The largest absolute Gasteiger partial charge is 0.362 e. The fourth-order valence-corrected chi connectivity index (χ4v) is 1.76. The van der Waals surface area contributed by atoms with Gasteiger partial charge in [-0.05, 0) is 42.3 Å². The lowest BCUT2D eigenvalue weighted by molar-refractivity contribution is -0.112. The monoisotopic (exact) mass is 265 g/mol. The van der Waals surface area contributed by atoms with Crippen LogP contribution in [0.4, 0.5) is 5.69 Å². The number of H-pyrrole nitrogens is 1. The van der Waals surface area contributed by atoms with Gasteiger partial charge >= 0.3 is 0 Å². The maximum Gasteiger partial charge on any atom is 0.266 e. The van der Waals surface area contributed by atoms with Crippen molar-refractivity contribution < 1.29 is 4.79 Å². The van der Waals surface area contributed by atoms with Gasteiger partial charge in [0, 0.05) is 17.6 Å². The number of hydrogen-bond donors (Lipinski definition) is 2. The molecule has 4 nitrogen and oxygen atoms in total. The van der Waals surface area contributed by atoms with Crippen LogP contribution < -0.4 is 5.32 Å². The second-order valence-corrected chi connectivity index (χ2v) is 4.30. The molecule has 0 fully saturated rings. The van der Waals surface area contributed by atoms with Crippen LogP contribution in [0.5, 0.6) is 0 Å². The van der Waals surface area contributed by atoms with Crippen LogP contribution in [-0.4, -0.2) is 10.9 Å². The van der Waals surface area contributed by atoms with E-state index in [2.05, 4.69) is 17.2 Å². The van der Waals surface area contributed by atoms with E-state index in [0.717, 1.165) is 12.1 Å². The Bertz CT molecular complexity index is 646. The Balaban J connectivity index is 2.11. The van der Waals surface area contributed by atoms with E-state index in [4.69, 9.17) is 5.26 Å². The molecule has 0 radical (unpaired) electrons. The second-order valence-electron chi connectivity index (χ2n) is 4.30. The first-order chi connectivity index (χ1) is 9.72. The van der Waals surface area contributed by atoms with E-state index in [1.54, 1.807) is 12.3 Å². The van der Waals surface area contributed by atoms with Crippen molar-refractivity contribution in [3.8, 4) is 6.07 Å². The summed E-state index contributed by atoms with van der Waals surface area (Å²) in [6, 6.07) is 13.1. The predicted octanol–water partition coefficient (Wildman–Crippen LogP) is 3.12. The molecule has 2 aromatic rings. The van der Waals surface area contributed by atoms with Crippen LogP contribution >= 0.6 is 0 Å². The Labute approximate surface area is 117 Å². The van der Waals surface area contributed by atoms with Gasteiger partial charge in [-0.25, -0.2) is 0 Å². The van der Waals surface area contributed by atoms with Crippen molar-refractivity contribution in [1.82, 2.24) is 4.98 Å². The van der Waals surface area contributed by atoms with Gasteiger partial charge < -0.3 is 10.3 Å². The molecule has 0 unspecified atom stereocenters. The predicted molar refractivity (Wildman–Crippen MR) is 78.8 cm³/mol. The third kappa shape index (κ3) is 3.36. The standard InChI is InChI=1S/C16H15N3O/c1-2-12-5-7-14(8-6-12)19-16(20)13(11-17)10-15-4-3-9-18-15/h3-10,18H,2H2,1H3,(H,19,20). The highest BCUT2D eigenvalue weighted by atomic mass is 16.1. The number of nitrogens with one attached hydrogen (secondary N) is 2.